The number of nitrogens with two attached hydrogens (primary N) is 1. The summed E-state index contributed by atoms with van der Waals surface area (Å²) in [6.07, 6.45) is -0.199. The van der Waals surface area contributed by atoms with Crippen LogP contribution in [0.25, 0.3) is 11.3 Å². The van der Waals surface area contributed by atoms with Gasteiger partial charge in [-0.25, -0.2) is 4.79 Å². The molecule has 0 spiro atoms. The number of nitrogens with zero attached hydrogens (tertiary/aromatic N) is 3. The minimum absolute atomic E-state index is 0.134. The number of anilines is 2. The number of hydrogen-bond donors (Lipinski definition) is 2. The molecular weight excluding hydrogens is 420 g/mol. The lowest BCUT2D eigenvalue weighted by Crippen LogP contribution is -2.39. The van der Waals surface area contributed by atoms with Gasteiger partial charge in [0, 0.05) is 18.7 Å². The highest BCUT2D eigenvalue weighted by molar-refractivity contribution is 5.91. The van der Waals surface area contributed by atoms with E-state index in [1.807, 2.05) is 32.0 Å². The number of esters is 1. The van der Waals surface area contributed by atoms with Crippen LogP contribution in [0.2, 0.25) is 0 Å². The third kappa shape index (κ3) is 4.47. The van der Waals surface area contributed by atoms with Crippen molar-refractivity contribution in [2.75, 3.05) is 36.9 Å². The smallest absolute Gasteiger partial charge is 0.338 e. The minimum atomic E-state index is -0.317. The molecule has 1 fully saturated rings. The van der Waals surface area contributed by atoms with Gasteiger partial charge in [0.1, 0.15) is 11.9 Å². The zero-order valence-corrected chi connectivity index (χ0v) is 19.0. The van der Waals surface area contributed by atoms with Crippen LogP contribution in [0, 0.1) is 13.8 Å². The molecule has 8 nitrogen and oxygen atoms in total. The molecule has 8 heteroatoms. The van der Waals surface area contributed by atoms with Gasteiger partial charge in [0.25, 0.3) is 0 Å². The number of ether oxygens (including phenoxy) is 2. The second kappa shape index (κ2) is 9.46. The number of carbonyl (C=O) groups is 1. The molecule has 1 aliphatic rings. The molecule has 0 unspecified atom stereocenters. The van der Waals surface area contributed by atoms with Gasteiger partial charge < -0.3 is 25.2 Å². The first-order valence-electron chi connectivity index (χ1n) is 11.0. The monoisotopic (exact) mass is 448 g/mol. The molecule has 3 N–H and O–H groups in total. The number of carbonyl (C=O) groups excluding carboxylic acids is 1. The molecule has 1 atom stereocenters. The Hall–Kier alpha value is -3.65. The average Bonchev–Trinajstić information content (AvgIpc) is 2.82. The predicted molar refractivity (Wildman–Crippen MR) is 126 cm³/mol. The summed E-state index contributed by atoms with van der Waals surface area (Å²) in [5, 5.41) is 18.5. The number of aromatic hydroxyl groups is 1. The number of aromatic nitrogens is 2. The normalized spacial score (nSPS) is 16.0. The van der Waals surface area contributed by atoms with E-state index < -0.39 is 0 Å². The number of para-hydroxylation sites is 1. The molecule has 0 radical (unpaired) electrons. The first kappa shape index (κ1) is 22.5. The zero-order valence-electron chi connectivity index (χ0n) is 19.0. The molecule has 1 aliphatic heterocycles. The maximum absolute atomic E-state index is 12.2. The van der Waals surface area contributed by atoms with Gasteiger partial charge in [-0.2, -0.15) is 0 Å². The second-order valence-corrected chi connectivity index (χ2v) is 8.00. The third-order valence-corrected chi connectivity index (χ3v) is 6.06. The van der Waals surface area contributed by atoms with Crippen LogP contribution in [0.4, 0.5) is 11.5 Å². The summed E-state index contributed by atoms with van der Waals surface area (Å²) in [7, 11) is 0. The fourth-order valence-corrected chi connectivity index (χ4v) is 4.14. The van der Waals surface area contributed by atoms with Gasteiger partial charge in [0.15, 0.2) is 5.82 Å². The summed E-state index contributed by atoms with van der Waals surface area (Å²) >= 11 is 0. The van der Waals surface area contributed by atoms with Gasteiger partial charge in [-0.1, -0.05) is 18.2 Å². The quantitative estimate of drug-likeness (QED) is 0.567. The first-order chi connectivity index (χ1) is 15.9. The van der Waals surface area contributed by atoms with Crippen LogP contribution in [0.15, 0.2) is 42.5 Å². The van der Waals surface area contributed by atoms with Crippen LogP contribution >= 0.6 is 0 Å². The molecule has 3 aromatic rings. The van der Waals surface area contributed by atoms with Crippen molar-refractivity contribution in [3.63, 3.8) is 0 Å². The van der Waals surface area contributed by atoms with Crippen LogP contribution in [-0.4, -0.2) is 47.6 Å². The molecule has 2 heterocycles. The molecule has 4 rings (SSSR count). The number of benzene rings is 2. The molecule has 172 valence electrons. The lowest BCUT2D eigenvalue weighted by atomic mass is 9.94. The summed E-state index contributed by atoms with van der Waals surface area (Å²) in [4.78, 5) is 14.4. The van der Waals surface area contributed by atoms with Crippen LogP contribution in [0.5, 0.6) is 5.75 Å². The van der Waals surface area contributed by atoms with Gasteiger partial charge in [-0.05, 0) is 61.7 Å². The maximum atomic E-state index is 12.2. The highest BCUT2D eigenvalue weighted by atomic mass is 16.5. The number of rotatable bonds is 5. The summed E-state index contributed by atoms with van der Waals surface area (Å²) in [5.74, 6) is 0.138. The lowest BCUT2D eigenvalue weighted by molar-refractivity contribution is 0.0392. The topological polar surface area (TPSA) is 111 Å². The predicted octanol–water partition coefficient (Wildman–Crippen LogP) is 3.80. The number of nitrogen functional groups attached to an aromatic ring is 1. The van der Waals surface area contributed by atoms with Crippen molar-refractivity contribution in [3.8, 4) is 17.0 Å². The van der Waals surface area contributed by atoms with E-state index in [1.54, 1.807) is 31.2 Å². The van der Waals surface area contributed by atoms with Gasteiger partial charge in [-0.3, -0.25) is 0 Å². The summed E-state index contributed by atoms with van der Waals surface area (Å²) in [5.41, 5.74) is 11.6. The van der Waals surface area contributed by atoms with E-state index >= 15 is 0 Å². The van der Waals surface area contributed by atoms with Crippen LogP contribution in [-0.2, 0) is 9.47 Å². The minimum Gasteiger partial charge on any atom is -0.507 e. The first-order valence-corrected chi connectivity index (χ1v) is 11.0. The summed E-state index contributed by atoms with van der Waals surface area (Å²) in [6, 6.07) is 12.6. The van der Waals surface area contributed by atoms with E-state index in [2.05, 4.69) is 15.1 Å². The van der Waals surface area contributed by atoms with Gasteiger partial charge in [0.2, 0.25) is 0 Å². The number of morpholine rings is 1. The Labute approximate surface area is 193 Å². The molecule has 2 aromatic carbocycles. The fourth-order valence-electron chi connectivity index (χ4n) is 4.14. The lowest BCUT2D eigenvalue weighted by Gasteiger charge is -2.36. The van der Waals surface area contributed by atoms with Gasteiger partial charge >= 0.3 is 5.97 Å². The van der Waals surface area contributed by atoms with Crippen molar-refractivity contribution in [3.05, 3.63) is 64.7 Å². The van der Waals surface area contributed by atoms with Crippen molar-refractivity contribution < 1.29 is 19.4 Å². The Morgan fingerprint density at radius 2 is 2.00 bits per heavy atom. The Morgan fingerprint density at radius 1 is 1.21 bits per heavy atom. The molecular formula is C25H28N4O4. The average molecular weight is 449 g/mol. The Morgan fingerprint density at radius 3 is 2.76 bits per heavy atom. The molecule has 0 amide bonds. The summed E-state index contributed by atoms with van der Waals surface area (Å²) < 4.78 is 11.3. The summed E-state index contributed by atoms with van der Waals surface area (Å²) in [6.45, 7) is 7.77. The SMILES string of the molecule is CCOC(=O)c1ccc([C@@H]2CN(c3cc(-c4ccccc4O)nnc3N)CCO2)c(C)c1C. The van der Waals surface area contributed by atoms with Crippen molar-refractivity contribution in [2.24, 2.45) is 0 Å². The number of hydrogen-bond acceptors (Lipinski definition) is 8. The van der Waals surface area contributed by atoms with E-state index in [0.717, 1.165) is 22.4 Å². The Balaban J connectivity index is 1.62. The second-order valence-electron chi connectivity index (χ2n) is 8.00. The highest BCUT2D eigenvalue weighted by Crippen LogP contribution is 2.35. The maximum Gasteiger partial charge on any atom is 0.338 e. The van der Waals surface area contributed by atoms with E-state index in [4.69, 9.17) is 15.2 Å². The standard InChI is InChI=1S/C25H28N4O4/c1-4-32-25(31)18-10-9-17(15(2)16(18)3)23-14-29(11-12-33-23)21-13-20(27-28-24(21)26)19-7-5-6-8-22(19)30/h5-10,13,23,30H,4,11-12,14H2,1-3H3,(H2,26,28)/t23-/m0/s1. The van der Waals surface area contributed by atoms with E-state index in [-0.39, 0.29) is 17.8 Å². The van der Waals surface area contributed by atoms with Crippen molar-refractivity contribution in [1.82, 2.24) is 10.2 Å². The van der Waals surface area contributed by atoms with Gasteiger partial charge in [-0.15, -0.1) is 10.2 Å². The van der Waals surface area contributed by atoms with Crippen LogP contribution in [0.1, 0.15) is 40.1 Å². The van der Waals surface area contributed by atoms with Crippen LogP contribution < -0.4 is 10.6 Å². The fraction of sp³-hybridized carbons (Fsp3) is 0.320. The Kier molecular flexibility index (Phi) is 6.46. The van der Waals surface area contributed by atoms with E-state index in [0.29, 0.717) is 48.9 Å². The Bertz CT molecular complexity index is 1180. The van der Waals surface area contributed by atoms with E-state index in [1.165, 1.54) is 0 Å². The number of phenols is 1. The molecule has 0 saturated carbocycles. The van der Waals surface area contributed by atoms with Crippen molar-refractivity contribution >= 4 is 17.5 Å². The van der Waals surface area contributed by atoms with Gasteiger partial charge in [0.05, 0.1) is 30.2 Å². The highest BCUT2D eigenvalue weighted by Gasteiger charge is 2.27. The molecule has 1 aromatic heterocycles. The molecule has 0 bridgehead atoms. The van der Waals surface area contributed by atoms with Crippen molar-refractivity contribution in [1.29, 1.82) is 0 Å². The molecule has 33 heavy (non-hydrogen) atoms. The van der Waals surface area contributed by atoms with Crippen molar-refractivity contribution in [2.45, 2.75) is 26.9 Å². The number of phenolic OH excluding ortho intramolecular Hbond substituents is 1. The largest absolute Gasteiger partial charge is 0.507 e. The van der Waals surface area contributed by atoms with Crippen LogP contribution in [0.3, 0.4) is 0 Å². The molecule has 0 aliphatic carbocycles. The zero-order chi connectivity index (χ0) is 23.5. The third-order valence-electron chi connectivity index (χ3n) is 6.06. The van der Waals surface area contributed by atoms with E-state index in [9.17, 15) is 9.90 Å². The molecule has 1 saturated heterocycles.